The topological polar surface area (TPSA) is 41.8 Å². The van der Waals surface area contributed by atoms with E-state index in [1.165, 1.54) is 57.8 Å². The second kappa shape index (κ2) is 10.2. The number of nitrogens with zero attached hydrogens (tertiary/aromatic N) is 1. The SMILES string of the molecule is CCCCCCCCCCCC1=NC(CC)(CO)CO1. The van der Waals surface area contributed by atoms with Crippen LogP contribution in [0.4, 0.5) is 0 Å². The molecule has 0 bridgehead atoms. The van der Waals surface area contributed by atoms with Crippen LogP contribution >= 0.6 is 0 Å². The fraction of sp³-hybridized carbons (Fsp3) is 0.941. The Hall–Kier alpha value is -0.570. The van der Waals surface area contributed by atoms with Crippen LogP contribution in [0.3, 0.4) is 0 Å². The summed E-state index contributed by atoms with van der Waals surface area (Å²) in [6, 6.07) is 0. The second-order valence-corrected chi connectivity index (χ2v) is 6.11. The smallest absolute Gasteiger partial charge is 0.184 e. The van der Waals surface area contributed by atoms with Gasteiger partial charge in [0.1, 0.15) is 12.1 Å². The van der Waals surface area contributed by atoms with Gasteiger partial charge in [0.25, 0.3) is 0 Å². The van der Waals surface area contributed by atoms with Crippen molar-refractivity contribution in [1.82, 2.24) is 0 Å². The molecule has 1 unspecified atom stereocenters. The zero-order valence-electron chi connectivity index (χ0n) is 13.5. The summed E-state index contributed by atoms with van der Waals surface area (Å²) in [5.41, 5.74) is -0.339. The quantitative estimate of drug-likeness (QED) is 0.537. The number of hydrogen-bond donors (Lipinski definition) is 1. The first-order valence-corrected chi connectivity index (χ1v) is 8.58. The van der Waals surface area contributed by atoms with Crippen molar-refractivity contribution in [3.8, 4) is 0 Å². The van der Waals surface area contributed by atoms with Crippen LogP contribution in [0.1, 0.15) is 84.5 Å². The standard InChI is InChI=1S/C17H33NO2/c1-3-5-6-7-8-9-10-11-12-13-16-18-17(4-2,14-19)15-20-16/h19H,3-15H2,1-2H3. The molecule has 0 aromatic rings. The van der Waals surface area contributed by atoms with Gasteiger partial charge >= 0.3 is 0 Å². The van der Waals surface area contributed by atoms with Crippen LogP contribution in [0.15, 0.2) is 4.99 Å². The Kier molecular flexibility index (Phi) is 8.92. The zero-order chi connectivity index (χ0) is 14.7. The molecule has 1 atom stereocenters. The Morgan fingerprint density at radius 1 is 1.00 bits per heavy atom. The molecule has 0 saturated heterocycles. The second-order valence-electron chi connectivity index (χ2n) is 6.11. The minimum Gasteiger partial charge on any atom is -0.478 e. The first kappa shape index (κ1) is 17.5. The third-order valence-electron chi connectivity index (χ3n) is 4.32. The van der Waals surface area contributed by atoms with Crippen molar-refractivity contribution in [2.45, 2.75) is 90.0 Å². The van der Waals surface area contributed by atoms with E-state index in [1.807, 2.05) is 0 Å². The van der Waals surface area contributed by atoms with Crippen molar-refractivity contribution < 1.29 is 9.84 Å². The van der Waals surface area contributed by atoms with Gasteiger partial charge in [-0.05, 0) is 12.8 Å². The number of aliphatic imine (C=N–C) groups is 1. The van der Waals surface area contributed by atoms with Gasteiger partial charge in [-0.3, -0.25) is 0 Å². The Balaban J connectivity index is 1.99. The molecule has 3 heteroatoms. The summed E-state index contributed by atoms with van der Waals surface area (Å²) in [5, 5.41) is 9.38. The molecule has 1 heterocycles. The van der Waals surface area contributed by atoms with E-state index in [9.17, 15) is 5.11 Å². The predicted octanol–water partition coefficient (Wildman–Crippen LogP) is 4.48. The molecule has 118 valence electrons. The molecule has 0 fully saturated rings. The normalized spacial score (nSPS) is 21.9. The fourth-order valence-electron chi connectivity index (χ4n) is 2.64. The molecule has 1 rings (SSSR count). The van der Waals surface area contributed by atoms with Crippen molar-refractivity contribution in [2.75, 3.05) is 13.2 Å². The van der Waals surface area contributed by atoms with Gasteiger partial charge in [0, 0.05) is 6.42 Å². The Bertz CT molecular complexity index is 272. The van der Waals surface area contributed by atoms with E-state index in [0.717, 1.165) is 18.7 Å². The van der Waals surface area contributed by atoms with Crippen molar-refractivity contribution in [3.63, 3.8) is 0 Å². The zero-order valence-corrected chi connectivity index (χ0v) is 13.5. The van der Waals surface area contributed by atoms with Crippen molar-refractivity contribution in [3.05, 3.63) is 0 Å². The maximum Gasteiger partial charge on any atom is 0.184 e. The van der Waals surface area contributed by atoms with Gasteiger partial charge < -0.3 is 9.84 Å². The molecule has 0 radical (unpaired) electrons. The lowest BCUT2D eigenvalue weighted by Crippen LogP contribution is -2.31. The van der Waals surface area contributed by atoms with Gasteiger partial charge in [0.15, 0.2) is 5.90 Å². The average molecular weight is 283 g/mol. The first-order chi connectivity index (χ1) is 9.76. The monoisotopic (exact) mass is 283 g/mol. The minimum absolute atomic E-state index is 0.102. The molecule has 0 spiro atoms. The Morgan fingerprint density at radius 3 is 2.10 bits per heavy atom. The lowest BCUT2D eigenvalue weighted by molar-refractivity contribution is 0.153. The molecular formula is C17H33NO2. The summed E-state index contributed by atoms with van der Waals surface area (Å²) in [4.78, 5) is 4.57. The van der Waals surface area contributed by atoms with Crippen LogP contribution in [-0.4, -0.2) is 29.8 Å². The van der Waals surface area contributed by atoms with Gasteiger partial charge in [-0.2, -0.15) is 0 Å². The molecule has 20 heavy (non-hydrogen) atoms. The summed E-state index contributed by atoms with van der Waals surface area (Å²) < 4.78 is 5.61. The van der Waals surface area contributed by atoms with Crippen LogP contribution < -0.4 is 0 Å². The van der Waals surface area contributed by atoms with Crippen LogP contribution in [0, 0.1) is 0 Å². The number of ether oxygens (including phenoxy) is 1. The van der Waals surface area contributed by atoms with Gasteiger partial charge in [0.05, 0.1) is 6.61 Å². The summed E-state index contributed by atoms with van der Waals surface area (Å²) in [7, 11) is 0. The van der Waals surface area contributed by atoms with Crippen molar-refractivity contribution >= 4 is 5.90 Å². The van der Waals surface area contributed by atoms with E-state index < -0.39 is 0 Å². The van der Waals surface area contributed by atoms with Crippen LogP contribution in [0.5, 0.6) is 0 Å². The van der Waals surface area contributed by atoms with E-state index in [2.05, 4.69) is 18.8 Å². The van der Waals surface area contributed by atoms with Crippen LogP contribution in [0.2, 0.25) is 0 Å². The average Bonchev–Trinajstić information content (AvgIpc) is 2.90. The molecule has 0 saturated carbocycles. The number of rotatable bonds is 12. The van der Waals surface area contributed by atoms with Crippen molar-refractivity contribution in [2.24, 2.45) is 4.99 Å². The van der Waals surface area contributed by atoms with E-state index in [-0.39, 0.29) is 12.1 Å². The summed E-state index contributed by atoms with van der Waals surface area (Å²) in [5.74, 6) is 0.865. The highest BCUT2D eigenvalue weighted by Crippen LogP contribution is 2.24. The highest BCUT2D eigenvalue weighted by Gasteiger charge is 2.33. The highest BCUT2D eigenvalue weighted by molar-refractivity contribution is 5.78. The van der Waals surface area contributed by atoms with E-state index >= 15 is 0 Å². The fourth-order valence-corrected chi connectivity index (χ4v) is 2.64. The van der Waals surface area contributed by atoms with E-state index in [4.69, 9.17) is 4.74 Å². The van der Waals surface area contributed by atoms with Crippen LogP contribution in [-0.2, 0) is 4.74 Å². The molecule has 1 aliphatic heterocycles. The highest BCUT2D eigenvalue weighted by atomic mass is 16.5. The molecule has 0 aromatic heterocycles. The maximum absolute atomic E-state index is 9.38. The third-order valence-corrected chi connectivity index (χ3v) is 4.32. The maximum atomic E-state index is 9.38. The molecule has 0 amide bonds. The predicted molar refractivity (Wildman–Crippen MR) is 85.3 cm³/mol. The summed E-state index contributed by atoms with van der Waals surface area (Å²) in [6.45, 7) is 4.99. The lowest BCUT2D eigenvalue weighted by Gasteiger charge is -2.17. The van der Waals surface area contributed by atoms with Crippen molar-refractivity contribution in [1.29, 1.82) is 0 Å². The van der Waals surface area contributed by atoms with Crippen LogP contribution in [0.25, 0.3) is 0 Å². The molecular weight excluding hydrogens is 250 g/mol. The Labute approximate surface area is 124 Å². The van der Waals surface area contributed by atoms with Gasteiger partial charge in [-0.25, -0.2) is 4.99 Å². The molecule has 3 nitrogen and oxygen atoms in total. The molecule has 0 aliphatic carbocycles. The molecule has 1 N–H and O–H groups in total. The van der Waals surface area contributed by atoms with E-state index in [0.29, 0.717) is 6.61 Å². The Morgan fingerprint density at radius 2 is 1.60 bits per heavy atom. The first-order valence-electron chi connectivity index (χ1n) is 8.58. The molecule has 0 aromatic carbocycles. The number of aliphatic hydroxyl groups excluding tert-OH is 1. The number of unbranched alkanes of at least 4 members (excludes halogenated alkanes) is 8. The molecule has 1 aliphatic rings. The van der Waals surface area contributed by atoms with Gasteiger partial charge in [0.2, 0.25) is 0 Å². The lowest BCUT2D eigenvalue weighted by atomic mass is 10.0. The van der Waals surface area contributed by atoms with Gasteiger partial charge in [-0.15, -0.1) is 0 Å². The summed E-state index contributed by atoms with van der Waals surface area (Å²) >= 11 is 0. The van der Waals surface area contributed by atoms with Gasteiger partial charge in [-0.1, -0.05) is 65.2 Å². The largest absolute Gasteiger partial charge is 0.478 e. The number of hydrogen-bond acceptors (Lipinski definition) is 3. The van der Waals surface area contributed by atoms with E-state index in [1.54, 1.807) is 0 Å². The third kappa shape index (κ3) is 6.25. The summed E-state index contributed by atoms with van der Waals surface area (Å²) in [6.07, 6.45) is 13.8. The minimum atomic E-state index is -0.339. The number of aliphatic hydroxyl groups is 1.